The van der Waals surface area contributed by atoms with E-state index in [4.69, 9.17) is 4.74 Å². The molecular formula is C35H46BrFN9O4PS. The predicted octanol–water partition coefficient (Wildman–Crippen LogP) is 5.26. The monoisotopic (exact) mass is 817 g/mol. The van der Waals surface area contributed by atoms with Gasteiger partial charge in [0.05, 0.1) is 39.5 Å². The van der Waals surface area contributed by atoms with Crippen molar-refractivity contribution in [3.8, 4) is 5.75 Å². The van der Waals surface area contributed by atoms with Gasteiger partial charge in [0.2, 0.25) is 5.95 Å². The van der Waals surface area contributed by atoms with E-state index in [1.54, 1.807) is 26.6 Å². The van der Waals surface area contributed by atoms with Gasteiger partial charge in [-0.05, 0) is 60.2 Å². The van der Waals surface area contributed by atoms with Crippen LogP contribution in [0.3, 0.4) is 0 Å². The molecule has 52 heavy (non-hydrogen) atoms. The van der Waals surface area contributed by atoms with Gasteiger partial charge in [0, 0.05) is 94.5 Å². The Labute approximate surface area is 313 Å². The third-order valence-corrected chi connectivity index (χ3v) is 12.8. The molecule has 0 spiro atoms. The lowest BCUT2D eigenvalue weighted by atomic mass is 9.99. The van der Waals surface area contributed by atoms with Crippen molar-refractivity contribution in [1.29, 1.82) is 0 Å². The van der Waals surface area contributed by atoms with E-state index in [0.717, 1.165) is 69.8 Å². The molecular weight excluding hydrogens is 772 g/mol. The fourth-order valence-corrected chi connectivity index (χ4v) is 9.30. The van der Waals surface area contributed by atoms with Crippen LogP contribution in [0, 0.1) is 5.82 Å². The van der Waals surface area contributed by atoms with Crippen molar-refractivity contribution in [2.24, 2.45) is 0 Å². The van der Waals surface area contributed by atoms with Gasteiger partial charge in [-0.3, -0.25) is 19.8 Å². The number of sulfone groups is 1. The second-order valence-electron chi connectivity index (χ2n) is 13.8. The van der Waals surface area contributed by atoms with Gasteiger partial charge >= 0.3 is 0 Å². The smallest absolute Gasteiger partial charge is 0.229 e. The van der Waals surface area contributed by atoms with E-state index in [2.05, 4.69) is 80.3 Å². The van der Waals surface area contributed by atoms with Crippen molar-refractivity contribution in [3.05, 3.63) is 52.6 Å². The Bertz CT molecular complexity index is 2090. The van der Waals surface area contributed by atoms with Crippen LogP contribution in [0.25, 0.3) is 11.0 Å². The van der Waals surface area contributed by atoms with E-state index in [0.29, 0.717) is 39.5 Å². The number of methoxy groups -OCH3 is 1. The topological polar surface area (TPSA) is 146 Å². The van der Waals surface area contributed by atoms with Crippen molar-refractivity contribution >= 4 is 78.1 Å². The summed E-state index contributed by atoms with van der Waals surface area (Å²) in [5.41, 5.74) is 3.70. The van der Waals surface area contributed by atoms with Gasteiger partial charge in [-0.25, -0.2) is 17.8 Å². The maximum atomic E-state index is 15.6. The van der Waals surface area contributed by atoms with Gasteiger partial charge < -0.3 is 24.8 Å². The Morgan fingerprint density at radius 2 is 1.73 bits per heavy atom. The molecule has 13 nitrogen and oxygen atoms in total. The van der Waals surface area contributed by atoms with Crippen molar-refractivity contribution in [3.63, 3.8) is 0 Å². The number of hydrogen-bond acceptors (Lipinski definition) is 13. The zero-order valence-corrected chi connectivity index (χ0v) is 33.5. The normalized spacial score (nSPS) is 16.7. The molecule has 2 saturated heterocycles. The Morgan fingerprint density at radius 1 is 1.02 bits per heavy atom. The fourth-order valence-electron chi connectivity index (χ4n) is 7.03. The number of halogens is 2. The van der Waals surface area contributed by atoms with E-state index < -0.39 is 22.8 Å². The molecule has 0 bridgehead atoms. The third kappa shape index (κ3) is 8.84. The van der Waals surface area contributed by atoms with Crippen LogP contribution in [-0.2, 0) is 20.8 Å². The van der Waals surface area contributed by atoms with Gasteiger partial charge in [-0.1, -0.05) is 6.92 Å². The minimum Gasteiger partial charge on any atom is -0.494 e. The summed E-state index contributed by atoms with van der Waals surface area (Å²) < 4.78 is 58.5. The molecule has 2 N–H and O–H groups in total. The molecule has 6 rings (SSSR count). The Morgan fingerprint density at radius 3 is 2.38 bits per heavy atom. The number of anilines is 5. The molecule has 0 aliphatic carbocycles. The largest absolute Gasteiger partial charge is 0.494 e. The first kappa shape index (κ1) is 38.3. The number of nitrogens with zero attached hydrogens (tertiary/aromatic N) is 7. The van der Waals surface area contributed by atoms with E-state index in [1.807, 2.05) is 0 Å². The minimum absolute atomic E-state index is 0.0255. The number of aromatic nitrogens is 4. The Balaban J connectivity index is 1.17. The molecule has 2 aromatic carbocycles. The average molecular weight is 819 g/mol. The number of piperidine rings is 1. The number of benzene rings is 2. The first-order chi connectivity index (χ1) is 24.7. The molecule has 0 atom stereocenters. The molecule has 2 aromatic heterocycles. The summed E-state index contributed by atoms with van der Waals surface area (Å²) >= 11 is 3.48. The van der Waals surface area contributed by atoms with Gasteiger partial charge in [0.25, 0.3) is 0 Å². The van der Waals surface area contributed by atoms with Crippen molar-refractivity contribution < 1.29 is 22.1 Å². The van der Waals surface area contributed by atoms with Crippen LogP contribution in [0.15, 0.2) is 41.3 Å². The zero-order chi connectivity index (χ0) is 37.2. The quantitative estimate of drug-likeness (QED) is 0.180. The number of ether oxygens (including phenoxy) is 1. The van der Waals surface area contributed by atoms with Crippen molar-refractivity contribution in [2.75, 3.05) is 93.8 Å². The molecule has 0 unspecified atom stereocenters. The summed E-state index contributed by atoms with van der Waals surface area (Å²) in [4.78, 5) is 25.0. The summed E-state index contributed by atoms with van der Waals surface area (Å²) in [5, 5.41) is 6.62. The molecule has 2 aliphatic heterocycles. The van der Waals surface area contributed by atoms with Gasteiger partial charge in [0.15, 0.2) is 0 Å². The molecule has 2 fully saturated rings. The van der Waals surface area contributed by atoms with Crippen LogP contribution in [0.2, 0.25) is 0 Å². The van der Waals surface area contributed by atoms with E-state index >= 15 is 4.39 Å². The molecule has 0 saturated carbocycles. The minimum atomic E-state index is -3.02. The number of piperazine rings is 1. The summed E-state index contributed by atoms with van der Waals surface area (Å²) in [6.45, 7) is 11.4. The summed E-state index contributed by atoms with van der Waals surface area (Å²) in [6, 6.07) is 5.91. The highest BCUT2D eigenvalue weighted by atomic mass is 79.9. The van der Waals surface area contributed by atoms with Crippen molar-refractivity contribution in [1.82, 2.24) is 29.7 Å². The van der Waals surface area contributed by atoms with Crippen LogP contribution < -0.4 is 25.6 Å². The van der Waals surface area contributed by atoms with Crippen LogP contribution in [0.5, 0.6) is 5.75 Å². The van der Waals surface area contributed by atoms with E-state index in [-0.39, 0.29) is 28.5 Å². The summed E-state index contributed by atoms with van der Waals surface area (Å²) in [5.74, 6) is 0.768. The average Bonchev–Trinajstić information content (AvgIpc) is 3.11. The van der Waals surface area contributed by atoms with Crippen LogP contribution in [0.1, 0.15) is 25.3 Å². The number of nitrogens with one attached hydrogen (secondary N) is 2. The molecule has 0 amide bonds. The third-order valence-electron chi connectivity index (χ3n) is 9.75. The second kappa shape index (κ2) is 15.9. The highest BCUT2D eigenvalue weighted by Gasteiger charge is 2.29. The van der Waals surface area contributed by atoms with Crippen LogP contribution in [-0.4, -0.2) is 122 Å². The van der Waals surface area contributed by atoms with Crippen LogP contribution >= 0.6 is 23.1 Å². The lowest BCUT2D eigenvalue weighted by Gasteiger charge is -2.43. The van der Waals surface area contributed by atoms with E-state index in [9.17, 15) is 13.0 Å². The summed E-state index contributed by atoms with van der Waals surface area (Å²) in [7, 11) is -4.35. The Hall–Kier alpha value is -3.43. The zero-order valence-electron chi connectivity index (χ0n) is 30.2. The molecule has 280 valence electrons. The first-order valence-electron chi connectivity index (χ1n) is 17.4. The SMILES string of the molecule is CCc1cc(Nc2ncc(Br)c(Nc3c(F)cc4nccnc4c3P(C)(C)=O)n2)c(OC)cc1N1CCC(N2CCN(CCS(C)(=O)=O)CC2)CC1. The molecule has 2 aliphatic rings. The molecule has 4 heterocycles. The lowest BCUT2D eigenvalue weighted by molar-refractivity contribution is 0.0882. The maximum absolute atomic E-state index is 15.6. The highest BCUT2D eigenvalue weighted by Crippen LogP contribution is 2.43. The maximum Gasteiger partial charge on any atom is 0.229 e. The number of fused-ring (bicyclic) bond motifs is 1. The lowest BCUT2D eigenvalue weighted by Crippen LogP contribution is -2.53. The number of hydrogen-bond donors (Lipinski definition) is 2. The van der Waals surface area contributed by atoms with Crippen molar-refractivity contribution in [2.45, 2.75) is 32.2 Å². The predicted molar refractivity (Wildman–Crippen MR) is 210 cm³/mol. The fraction of sp³-hybridized carbons (Fsp3) is 0.486. The second-order valence-corrected chi connectivity index (χ2v) is 20.0. The standard InChI is InChI=1S/C35H46BrFN9O4PS/c1-6-23-19-27(30(50-2)21-29(23)46-11-7-24(8-12-46)45-15-13-44(14-16-45)17-18-52(5,48)49)41-35-40-22-25(36)34(43-35)42-31-26(37)20-28-32(39-10-9-38-28)33(31)51(3,4)47/h9-10,19-22,24H,6-8,11-18H2,1-5H3,(H2,40,41,42,43). The Kier molecular flexibility index (Phi) is 11.7. The van der Waals surface area contributed by atoms with Gasteiger partial charge in [-0.2, -0.15) is 4.98 Å². The van der Waals surface area contributed by atoms with Gasteiger partial charge in [0.1, 0.15) is 39.9 Å². The van der Waals surface area contributed by atoms with Crippen LogP contribution in [0.4, 0.5) is 33.2 Å². The number of rotatable bonds is 12. The number of aryl methyl sites for hydroxylation is 1. The summed E-state index contributed by atoms with van der Waals surface area (Å²) in [6.07, 6.45) is 8.74. The van der Waals surface area contributed by atoms with Gasteiger partial charge in [-0.15, -0.1) is 0 Å². The highest BCUT2D eigenvalue weighted by molar-refractivity contribution is 9.10. The molecule has 0 radical (unpaired) electrons. The first-order valence-corrected chi connectivity index (χ1v) is 22.8. The van der Waals surface area contributed by atoms with E-state index in [1.165, 1.54) is 24.7 Å². The molecule has 4 aromatic rings. The molecule has 17 heteroatoms.